The molecule has 0 aliphatic heterocycles. The summed E-state index contributed by atoms with van der Waals surface area (Å²) in [4.78, 5) is 0. The summed E-state index contributed by atoms with van der Waals surface area (Å²) < 4.78 is 46.4. The van der Waals surface area contributed by atoms with E-state index in [1.54, 1.807) is 18.2 Å². The molecule has 1 rings (SSSR count). The maximum Gasteiger partial charge on any atom is 0.418 e. The molecule has 2 nitrogen and oxygen atoms in total. The predicted octanol–water partition coefficient (Wildman–Crippen LogP) is 3.61. The zero-order valence-corrected chi connectivity index (χ0v) is 12.7. The lowest BCUT2D eigenvalue weighted by molar-refractivity contribution is -0.219. The first-order valence-corrected chi connectivity index (χ1v) is 9.21. The molecule has 1 atom stereocenters. The van der Waals surface area contributed by atoms with Crippen molar-refractivity contribution in [3.05, 3.63) is 35.9 Å². The number of alkyl halides is 3. The average Bonchev–Trinajstić information content (AvgIpc) is 2.28. The van der Waals surface area contributed by atoms with E-state index in [-0.39, 0.29) is 11.8 Å². The van der Waals surface area contributed by atoms with Crippen molar-refractivity contribution in [3.63, 3.8) is 0 Å². The first kappa shape index (κ1) is 16.2. The lowest BCUT2D eigenvalue weighted by atomic mass is 10.1. The summed E-state index contributed by atoms with van der Waals surface area (Å²) >= 11 is 0. The zero-order chi connectivity index (χ0) is 14.7. The lowest BCUT2D eigenvalue weighted by Crippen LogP contribution is -2.49. The molecule has 1 aromatic carbocycles. The van der Waals surface area contributed by atoms with Gasteiger partial charge in [0.05, 0.1) is 6.23 Å². The summed E-state index contributed by atoms with van der Waals surface area (Å²) in [5.41, 5.74) is 0.151. The van der Waals surface area contributed by atoms with Crippen LogP contribution in [0.5, 0.6) is 0 Å². The average molecular weight is 291 g/mol. The molecular weight excluding hydrogens is 271 g/mol. The van der Waals surface area contributed by atoms with Crippen LogP contribution in [0.2, 0.25) is 13.1 Å². The maximum atomic E-state index is 13.1. The van der Waals surface area contributed by atoms with Crippen LogP contribution in [-0.2, 0) is 4.74 Å². The highest BCUT2D eigenvalue weighted by atomic mass is 28.3. The molecule has 0 heterocycles. The molecule has 0 fully saturated rings. The van der Waals surface area contributed by atoms with Gasteiger partial charge in [0.15, 0.2) is 6.10 Å². The summed E-state index contributed by atoms with van der Waals surface area (Å²) in [5.74, 6) is 0. The minimum atomic E-state index is -4.39. The molecule has 1 aromatic rings. The molecule has 0 aromatic heterocycles. The molecule has 0 aliphatic rings. The van der Waals surface area contributed by atoms with Crippen molar-refractivity contribution in [3.8, 4) is 0 Å². The summed E-state index contributed by atoms with van der Waals surface area (Å²) in [6.07, 6.45) is -6.10. The fourth-order valence-electron chi connectivity index (χ4n) is 1.42. The molecule has 0 amide bonds. The van der Waals surface area contributed by atoms with Crippen molar-refractivity contribution in [2.75, 3.05) is 20.3 Å². The second kappa shape index (κ2) is 6.07. The second-order valence-corrected chi connectivity index (χ2v) is 10.2. The van der Waals surface area contributed by atoms with E-state index in [1.807, 2.05) is 31.8 Å². The quantitative estimate of drug-likeness (QED) is 0.768. The third kappa shape index (κ3) is 4.63. The fraction of sp³-hybridized carbons (Fsp3) is 0.538. The molecule has 0 saturated heterocycles. The van der Waals surface area contributed by atoms with Gasteiger partial charge >= 0.3 is 6.18 Å². The van der Waals surface area contributed by atoms with E-state index in [2.05, 4.69) is 0 Å². The van der Waals surface area contributed by atoms with Crippen molar-refractivity contribution < 1.29 is 17.9 Å². The Morgan fingerprint density at radius 1 is 1.16 bits per heavy atom. The van der Waals surface area contributed by atoms with Crippen molar-refractivity contribution in [1.29, 1.82) is 0 Å². The van der Waals surface area contributed by atoms with E-state index in [0.29, 0.717) is 0 Å². The van der Waals surface area contributed by atoms with Crippen molar-refractivity contribution >= 4 is 8.24 Å². The van der Waals surface area contributed by atoms with Crippen LogP contribution < -0.4 is 0 Å². The Hall–Kier alpha value is -0.853. The number of nitrogens with zero attached hydrogens (tertiary/aromatic N) is 1. The molecule has 0 N–H and O–H groups in total. The van der Waals surface area contributed by atoms with Gasteiger partial charge in [0.2, 0.25) is 0 Å². The Labute approximate surface area is 113 Å². The molecule has 0 spiro atoms. The maximum absolute atomic E-state index is 13.1. The van der Waals surface area contributed by atoms with Crippen molar-refractivity contribution in [2.24, 2.45) is 0 Å². The normalized spacial score (nSPS) is 14.7. The van der Waals surface area contributed by atoms with E-state index in [4.69, 9.17) is 4.74 Å². The number of rotatable bonds is 5. The largest absolute Gasteiger partial charge is 0.418 e. The zero-order valence-electron chi connectivity index (χ0n) is 11.7. The molecule has 0 saturated carbocycles. The van der Waals surface area contributed by atoms with Crippen LogP contribution in [0.25, 0.3) is 0 Å². The number of hydrogen-bond acceptors (Lipinski definition) is 2. The Bertz CT molecular complexity index is 393. The SMILES string of the molecule is CN(C)[Si](C)(C)COC(c1ccccc1)C(F)(F)F. The van der Waals surface area contributed by atoms with Gasteiger partial charge in [0, 0.05) is 0 Å². The smallest absolute Gasteiger partial charge is 0.366 e. The number of hydrogen-bond donors (Lipinski definition) is 0. The van der Waals surface area contributed by atoms with Gasteiger partial charge in [-0.2, -0.15) is 13.2 Å². The standard InChI is InChI=1S/C13H20F3NOSi/c1-17(2)19(3,4)10-18-12(13(14,15)16)11-8-6-5-7-9-11/h5-9,12H,10H2,1-4H3. The Morgan fingerprint density at radius 2 is 1.68 bits per heavy atom. The van der Waals surface area contributed by atoms with Gasteiger partial charge in [-0.15, -0.1) is 0 Å². The highest BCUT2D eigenvalue weighted by molar-refractivity contribution is 6.74. The van der Waals surface area contributed by atoms with Crippen molar-refractivity contribution in [1.82, 2.24) is 4.57 Å². The highest BCUT2D eigenvalue weighted by Crippen LogP contribution is 2.36. The number of benzene rings is 1. The summed E-state index contributed by atoms with van der Waals surface area (Å²) in [6.45, 7) is 3.96. The number of halogens is 3. The van der Waals surface area contributed by atoms with Gasteiger partial charge in [-0.3, -0.25) is 0 Å². The van der Waals surface area contributed by atoms with Gasteiger partial charge in [-0.1, -0.05) is 43.4 Å². The van der Waals surface area contributed by atoms with E-state index in [0.717, 1.165) is 0 Å². The van der Waals surface area contributed by atoms with Gasteiger partial charge in [0.1, 0.15) is 8.24 Å². The van der Waals surface area contributed by atoms with Crippen LogP contribution in [0.1, 0.15) is 11.7 Å². The van der Waals surface area contributed by atoms with Crippen LogP contribution >= 0.6 is 0 Å². The highest BCUT2D eigenvalue weighted by Gasteiger charge is 2.43. The molecule has 1 unspecified atom stereocenters. The van der Waals surface area contributed by atoms with Crippen LogP contribution in [-0.4, -0.2) is 39.3 Å². The van der Waals surface area contributed by atoms with Gasteiger partial charge in [0.25, 0.3) is 0 Å². The van der Waals surface area contributed by atoms with Gasteiger partial charge in [-0.05, 0) is 19.7 Å². The van der Waals surface area contributed by atoms with Gasteiger partial charge < -0.3 is 9.30 Å². The fourth-order valence-corrected chi connectivity index (χ4v) is 2.26. The molecule has 108 valence electrons. The van der Waals surface area contributed by atoms with E-state index < -0.39 is 20.5 Å². The van der Waals surface area contributed by atoms with E-state index in [9.17, 15) is 13.2 Å². The molecular formula is C13H20F3NOSi. The topological polar surface area (TPSA) is 12.5 Å². The molecule has 0 aliphatic carbocycles. The Morgan fingerprint density at radius 3 is 2.11 bits per heavy atom. The van der Waals surface area contributed by atoms with Gasteiger partial charge in [-0.25, -0.2) is 0 Å². The lowest BCUT2D eigenvalue weighted by Gasteiger charge is -2.32. The number of ether oxygens (including phenoxy) is 1. The third-order valence-corrected chi connectivity index (χ3v) is 6.51. The first-order chi connectivity index (χ1) is 8.64. The summed E-state index contributed by atoms with van der Waals surface area (Å²) in [7, 11) is 1.81. The molecule has 6 heteroatoms. The van der Waals surface area contributed by atoms with Crippen molar-refractivity contribution in [2.45, 2.75) is 25.4 Å². The Balaban J connectivity index is 2.84. The second-order valence-electron chi connectivity index (χ2n) is 5.35. The minimum absolute atomic E-state index is 0.138. The van der Waals surface area contributed by atoms with Crippen LogP contribution in [0.3, 0.4) is 0 Å². The summed E-state index contributed by atoms with van der Waals surface area (Å²) in [6, 6.07) is 7.76. The van der Waals surface area contributed by atoms with E-state index in [1.165, 1.54) is 12.1 Å². The molecule has 19 heavy (non-hydrogen) atoms. The first-order valence-electron chi connectivity index (χ1n) is 6.05. The molecule has 0 bridgehead atoms. The van der Waals surface area contributed by atoms with Crippen LogP contribution in [0.4, 0.5) is 13.2 Å². The Kier molecular flexibility index (Phi) is 5.17. The minimum Gasteiger partial charge on any atom is -0.366 e. The van der Waals surface area contributed by atoms with E-state index >= 15 is 0 Å². The molecule has 0 radical (unpaired) electrons. The van der Waals surface area contributed by atoms with Crippen LogP contribution in [0.15, 0.2) is 30.3 Å². The monoisotopic (exact) mass is 291 g/mol. The van der Waals surface area contributed by atoms with Crippen LogP contribution in [0, 0.1) is 0 Å². The predicted molar refractivity (Wildman–Crippen MR) is 72.4 cm³/mol. The third-order valence-electron chi connectivity index (χ3n) is 3.21. The summed E-state index contributed by atoms with van der Waals surface area (Å²) in [5, 5.41) is 0.